The SMILES string of the molecule is CN=C(NCc1coc(-c2cccs2)n1)NC1CCN(C2CCCC2)C1. The van der Waals surface area contributed by atoms with Gasteiger partial charge in [0.2, 0.25) is 5.89 Å². The molecule has 7 heteroatoms. The summed E-state index contributed by atoms with van der Waals surface area (Å²) in [7, 11) is 1.82. The molecule has 2 N–H and O–H groups in total. The summed E-state index contributed by atoms with van der Waals surface area (Å²) in [5.41, 5.74) is 0.885. The lowest BCUT2D eigenvalue weighted by atomic mass is 10.2. The Labute approximate surface area is 158 Å². The Kier molecular flexibility index (Phi) is 5.55. The standard InChI is InChI=1S/C19H27N5OS/c1-20-19(23-14-8-9-24(12-14)16-5-2-3-6-16)21-11-15-13-25-18(22-15)17-7-4-10-26-17/h4,7,10,13-14,16H,2-3,5-6,8-9,11-12H2,1H3,(H2,20,21,23). The van der Waals surface area contributed by atoms with Crippen molar-refractivity contribution in [1.29, 1.82) is 0 Å². The molecule has 1 atom stereocenters. The first-order valence-corrected chi connectivity index (χ1v) is 10.4. The van der Waals surface area contributed by atoms with Gasteiger partial charge >= 0.3 is 0 Å². The Morgan fingerprint density at radius 1 is 1.38 bits per heavy atom. The average Bonchev–Trinajstić information content (AvgIpc) is 3.45. The molecule has 6 nitrogen and oxygen atoms in total. The first kappa shape index (κ1) is 17.5. The number of rotatable bonds is 5. The van der Waals surface area contributed by atoms with E-state index in [1.54, 1.807) is 17.6 Å². The van der Waals surface area contributed by atoms with Gasteiger partial charge in [-0.25, -0.2) is 4.98 Å². The third kappa shape index (κ3) is 4.10. The summed E-state index contributed by atoms with van der Waals surface area (Å²) in [5, 5.41) is 8.95. The van der Waals surface area contributed by atoms with E-state index in [1.165, 1.54) is 38.6 Å². The summed E-state index contributed by atoms with van der Waals surface area (Å²) in [6, 6.07) is 5.30. The maximum Gasteiger partial charge on any atom is 0.236 e. The van der Waals surface area contributed by atoms with E-state index in [9.17, 15) is 0 Å². The van der Waals surface area contributed by atoms with Crippen molar-refractivity contribution in [1.82, 2.24) is 20.5 Å². The van der Waals surface area contributed by atoms with Crippen molar-refractivity contribution < 1.29 is 4.42 Å². The van der Waals surface area contributed by atoms with Crippen LogP contribution in [0.5, 0.6) is 0 Å². The lowest BCUT2D eigenvalue weighted by Crippen LogP contribution is -2.45. The van der Waals surface area contributed by atoms with Gasteiger partial charge in [-0.15, -0.1) is 11.3 Å². The largest absolute Gasteiger partial charge is 0.443 e. The monoisotopic (exact) mass is 373 g/mol. The van der Waals surface area contributed by atoms with E-state index in [2.05, 4.69) is 25.5 Å². The van der Waals surface area contributed by atoms with Crippen LogP contribution in [-0.4, -0.2) is 48.1 Å². The molecule has 26 heavy (non-hydrogen) atoms. The zero-order valence-electron chi connectivity index (χ0n) is 15.3. The van der Waals surface area contributed by atoms with Crippen LogP contribution in [-0.2, 0) is 6.54 Å². The summed E-state index contributed by atoms with van der Waals surface area (Å²) >= 11 is 1.63. The minimum absolute atomic E-state index is 0.473. The molecular formula is C19H27N5OS. The smallest absolute Gasteiger partial charge is 0.236 e. The summed E-state index contributed by atoms with van der Waals surface area (Å²) in [4.78, 5) is 12.6. The summed E-state index contributed by atoms with van der Waals surface area (Å²) < 4.78 is 5.57. The number of hydrogen-bond donors (Lipinski definition) is 2. The van der Waals surface area contributed by atoms with Crippen LogP contribution in [0.3, 0.4) is 0 Å². The van der Waals surface area contributed by atoms with Crippen molar-refractivity contribution in [2.45, 2.75) is 50.7 Å². The van der Waals surface area contributed by atoms with E-state index in [0.717, 1.165) is 29.1 Å². The Morgan fingerprint density at radius 2 is 2.27 bits per heavy atom. The van der Waals surface area contributed by atoms with Gasteiger partial charge in [0.15, 0.2) is 5.96 Å². The van der Waals surface area contributed by atoms with Gasteiger partial charge in [0.25, 0.3) is 0 Å². The van der Waals surface area contributed by atoms with Crippen LogP contribution in [0.1, 0.15) is 37.8 Å². The van der Waals surface area contributed by atoms with E-state index in [-0.39, 0.29) is 0 Å². The fraction of sp³-hybridized carbons (Fsp3) is 0.579. The topological polar surface area (TPSA) is 65.7 Å². The molecule has 1 aliphatic heterocycles. The van der Waals surface area contributed by atoms with E-state index < -0.39 is 0 Å². The third-order valence-corrected chi connectivity index (χ3v) is 6.20. The fourth-order valence-corrected chi connectivity index (χ4v) is 4.63. The van der Waals surface area contributed by atoms with Gasteiger partial charge in [-0.3, -0.25) is 9.89 Å². The lowest BCUT2D eigenvalue weighted by molar-refractivity contribution is 0.242. The van der Waals surface area contributed by atoms with Gasteiger partial charge in [-0.05, 0) is 30.7 Å². The zero-order chi connectivity index (χ0) is 17.8. The number of oxazole rings is 1. The molecule has 0 radical (unpaired) electrons. The maximum absolute atomic E-state index is 5.57. The molecule has 140 valence electrons. The van der Waals surface area contributed by atoms with E-state index in [0.29, 0.717) is 18.5 Å². The molecule has 2 fully saturated rings. The second-order valence-electron chi connectivity index (χ2n) is 7.11. The van der Waals surface area contributed by atoms with Crippen LogP contribution in [0.2, 0.25) is 0 Å². The van der Waals surface area contributed by atoms with Gasteiger partial charge in [-0.2, -0.15) is 0 Å². The third-order valence-electron chi connectivity index (χ3n) is 5.35. The minimum atomic E-state index is 0.473. The number of likely N-dealkylation sites (tertiary alicyclic amines) is 1. The number of aromatic nitrogens is 1. The molecule has 2 aromatic heterocycles. The molecule has 0 amide bonds. The molecular weight excluding hydrogens is 346 g/mol. The molecule has 0 aromatic carbocycles. The molecule has 1 saturated carbocycles. The molecule has 3 heterocycles. The van der Waals surface area contributed by atoms with Crippen LogP contribution in [0.4, 0.5) is 0 Å². The van der Waals surface area contributed by atoms with Crippen molar-refractivity contribution in [2.75, 3.05) is 20.1 Å². The summed E-state index contributed by atoms with van der Waals surface area (Å²) in [6.07, 6.45) is 8.44. The van der Waals surface area contributed by atoms with Crippen molar-refractivity contribution in [3.05, 3.63) is 29.5 Å². The maximum atomic E-state index is 5.57. The van der Waals surface area contributed by atoms with Crippen LogP contribution < -0.4 is 10.6 Å². The molecule has 4 rings (SSSR count). The predicted octanol–water partition coefficient (Wildman–Crippen LogP) is 3.09. The zero-order valence-corrected chi connectivity index (χ0v) is 16.1. The Morgan fingerprint density at radius 3 is 3.04 bits per heavy atom. The van der Waals surface area contributed by atoms with Crippen molar-refractivity contribution in [2.24, 2.45) is 4.99 Å². The molecule has 1 unspecified atom stereocenters. The van der Waals surface area contributed by atoms with E-state index in [4.69, 9.17) is 4.42 Å². The minimum Gasteiger partial charge on any atom is -0.443 e. The number of nitrogens with zero attached hydrogens (tertiary/aromatic N) is 3. The number of nitrogens with one attached hydrogen (secondary N) is 2. The first-order valence-electron chi connectivity index (χ1n) is 9.51. The van der Waals surface area contributed by atoms with Gasteiger partial charge < -0.3 is 15.1 Å². The number of thiophene rings is 1. The lowest BCUT2D eigenvalue weighted by Gasteiger charge is -2.24. The van der Waals surface area contributed by atoms with Crippen molar-refractivity contribution in [3.63, 3.8) is 0 Å². The highest BCUT2D eigenvalue weighted by molar-refractivity contribution is 7.13. The van der Waals surface area contributed by atoms with Crippen LogP contribution >= 0.6 is 11.3 Å². The summed E-state index contributed by atoms with van der Waals surface area (Å²) in [5.74, 6) is 1.52. The second-order valence-corrected chi connectivity index (χ2v) is 8.06. The average molecular weight is 374 g/mol. The molecule has 0 spiro atoms. The van der Waals surface area contributed by atoms with E-state index >= 15 is 0 Å². The molecule has 1 saturated heterocycles. The second kappa shape index (κ2) is 8.22. The molecule has 2 aromatic rings. The number of hydrogen-bond acceptors (Lipinski definition) is 5. The van der Waals surface area contributed by atoms with Crippen LogP contribution in [0.15, 0.2) is 33.2 Å². The van der Waals surface area contributed by atoms with Gasteiger partial charge in [0, 0.05) is 32.2 Å². The van der Waals surface area contributed by atoms with Crippen molar-refractivity contribution in [3.8, 4) is 10.8 Å². The van der Waals surface area contributed by atoms with Crippen molar-refractivity contribution >= 4 is 17.3 Å². The van der Waals surface area contributed by atoms with Crippen LogP contribution in [0.25, 0.3) is 10.8 Å². The van der Waals surface area contributed by atoms with Crippen LogP contribution in [0, 0.1) is 0 Å². The Balaban J connectivity index is 1.26. The highest BCUT2D eigenvalue weighted by Crippen LogP contribution is 2.26. The van der Waals surface area contributed by atoms with E-state index in [1.807, 2.05) is 24.6 Å². The predicted molar refractivity (Wildman–Crippen MR) is 105 cm³/mol. The number of aliphatic imine (C=N–C) groups is 1. The quantitative estimate of drug-likeness (QED) is 0.623. The fourth-order valence-electron chi connectivity index (χ4n) is 3.97. The van der Waals surface area contributed by atoms with Gasteiger partial charge in [0.05, 0.1) is 17.1 Å². The van der Waals surface area contributed by atoms with Gasteiger partial charge in [-0.1, -0.05) is 18.9 Å². The molecule has 1 aliphatic carbocycles. The highest BCUT2D eigenvalue weighted by atomic mass is 32.1. The molecule has 0 bridgehead atoms. The van der Waals surface area contributed by atoms with Gasteiger partial charge in [0.1, 0.15) is 6.26 Å². The normalized spacial score (nSPS) is 22.2. The first-order chi connectivity index (χ1) is 12.8. The summed E-state index contributed by atoms with van der Waals surface area (Å²) in [6.45, 7) is 2.93. The molecule has 2 aliphatic rings. The Bertz CT molecular complexity index is 720. The Hall–Kier alpha value is -1.86. The number of guanidine groups is 1. The highest BCUT2D eigenvalue weighted by Gasteiger charge is 2.30.